The van der Waals surface area contributed by atoms with E-state index in [9.17, 15) is 17.6 Å². The molecule has 10 heteroatoms. The van der Waals surface area contributed by atoms with E-state index in [-0.39, 0.29) is 22.0 Å². The number of halogens is 1. The van der Waals surface area contributed by atoms with Crippen LogP contribution in [0.4, 0.5) is 9.52 Å². The molecule has 0 saturated heterocycles. The molecule has 0 aliphatic heterocycles. The van der Waals surface area contributed by atoms with Gasteiger partial charge >= 0.3 is 0 Å². The molecule has 2 heterocycles. The smallest absolute Gasteiger partial charge is 0.274 e. The molecule has 0 bridgehead atoms. The maximum atomic E-state index is 13.7. The summed E-state index contributed by atoms with van der Waals surface area (Å²) in [7, 11) is -3.94. The van der Waals surface area contributed by atoms with Gasteiger partial charge in [0.25, 0.3) is 5.91 Å². The highest BCUT2D eigenvalue weighted by Crippen LogP contribution is 2.25. The summed E-state index contributed by atoms with van der Waals surface area (Å²) in [5, 5.41) is 8.21. The third-order valence-electron chi connectivity index (χ3n) is 4.27. The maximum Gasteiger partial charge on any atom is 0.274 e. The first-order valence-corrected chi connectivity index (χ1v) is 10.7. The quantitative estimate of drug-likeness (QED) is 0.586. The number of thiazole rings is 1. The molecule has 0 aliphatic rings. The van der Waals surface area contributed by atoms with E-state index >= 15 is 0 Å². The Kier molecular flexibility index (Phi) is 5.37. The predicted octanol–water partition coefficient (Wildman–Crippen LogP) is 3.03. The number of carbonyl (C=O) groups excluding carboxylic acids is 1. The predicted molar refractivity (Wildman–Crippen MR) is 106 cm³/mol. The van der Waals surface area contributed by atoms with Crippen LogP contribution in [0, 0.1) is 26.6 Å². The fourth-order valence-electron chi connectivity index (χ4n) is 2.94. The molecule has 148 valence electrons. The number of benzene rings is 1. The molecule has 3 rings (SSSR count). The second-order valence-corrected chi connectivity index (χ2v) is 9.08. The molecule has 1 aromatic carbocycles. The van der Waals surface area contributed by atoms with E-state index in [0.717, 1.165) is 10.4 Å². The molecule has 0 radical (unpaired) electrons. The van der Waals surface area contributed by atoms with Crippen LogP contribution in [0.1, 0.15) is 37.7 Å². The van der Waals surface area contributed by atoms with E-state index in [1.165, 1.54) is 31.3 Å². The first-order chi connectivity index (χ1) is 13.1. The van der Waals surface area contributed by atoms with Crippen LogP contribution in [0.5, 0.6) is 0 Å². The second-order valence-electron chi connectivity index (χ2n) is 6.47. The summed E-state index contributed by atoms with van der Waals surface area (Å²) in [6.07, 6.45) is 2.10. The van der Waals surface area contributed by atoms with E-state index in [1.54, 1.807) is 19.2 Å². The summed E-state index contributed by atoms with van der Waals surface area (Å²) in [5.74, 6) is -0.781. The molecule has 0 spiro atoms. The van der Waals surface area contributed by atoms with Crippen LogP contribution in [-0.4, -0.2) is 24.3 Å². The third kappa shape index (κ3) is 4.13. The normalized spacial score (nSPS) is 11.6. The monoisotopic (exact) mass is 422 g/mol. The zero-order valence-electron chi connectivity index (χ0n) is 15.5. The molecule has 0 saturated carbocycles. The van der Waals surface area contributed by atoms with Crippen LogP contribution >= 0.6 is 11.3 Å². The molecular formula is C18H19FN4O3S2. The van der Waals surface area contributed by atoms with Crippen molar-refractivity contribution >= 4 is 32.4 Å². The summed E-state index contributed by atoms with van der Waals surface area (Å²) in [6, 6.07) is 5.04. The average Bonchev–Trinajstić information content (AvgIpc) is 3.14. The van der Waals surface area contributed by atoms with E-state index in [2.05, 4.69) is 15.3 Å². The van der Waals surface area contributed by atoms with E-state index < -0.39 is 15.9 Å². The Morgan fingerprint density at radius 3 is 2.64 bits per heavy atom. The fourth-order valence-corrected chi connectivity index (χ4v) is 4.79. The number of H-pyrrole nitrogens is 1. The van der Waals surface area contributed by atoms with Gasteiger partial charge < -0.3 is 4.98 Å². The third-order valence-corrected chi connectivity index (χ3v) is 6.36. The number of nitrogens with zero attached hydrogens (tertiary/aromatic N) is 1. The van der Waals surface area contributed by atoms with Gasteiger partial charge in [0.2, 0.25) is 10.0 Å². The van der Waals surface area contributed by atoms with Gasteiger partial charge in [0.15, 0.2) is 5.13 Å². The SMILES string of the molecule is Cc1ccc(Cc2cnc(NC(=O)c3[nH]c(C)c(S(N)(=O)=O)c3C)s2)cc1F. The number of rotatable bonds is 5. The number of nitrogens with two attached hydrogens (primary N) is 1. The van der Waals surface area contributed by atoms with Crippen molar-refractivity contribution in [2.45, 2.75) is 32.1 Å². The lowest BCUT2D eigenvalue weighted by atomic mass is 10.1. The minimum atomic E-state index is -3.94. The van der Waals surface area contributed by atoms with E-state index in [0.29, 0.717) is 22.8 Å². The fraction of sp³-hybridized carbons (Fsp3) is 0.222. The van der Waals surface area contributed by atoms with Gasteiger partial charge in [0.1, 0.15) is 16.4 Å². The van der Waals surface area contributed by atoms with Crippen molar-refractivity contribution in [3.8, 4) is 0 Å². The first-order valence-electron chi connectivity index (χ1n) is 8.29. The van der Waals surface area contributed by atoms with Gasteiger partial charge in [-0.05, 0) is 43.5 Å². The second kappa shape index (κ2) is 7.46. The zero-order valence-corrected chi connectivity index (χ0v) is 17.1. The lowest BCUT2D eigenvalue weighted by Gasteiger charge is -2.02. The van der Waals surface area contributed by atoms with Crippen LogP contribution in [0.15, 0.2) is 29.3 Å². The van der Waals surface area contributed by atoms with Crippen molar-refractivity contribution in [1.29, 1.82) is 0 Å². The lowest BCUT2D eigenvalue weighted by Crippen LogP contribution is -2.15. The van der Waals surface area contributed by atoms with Gasteiger partial charge in [-0.15, -0.1) is 11.3 Å². The summed E-state index contributed by atoms with van der Waals surface area (Å²) < 4.78 is 37.0. The van der Waals surface area contributed by atoms with Crippen molar-refractivity contribution in [3.63, 3.8) is 0 Å². The molecule has 0 atom stereocenters. The zero-order chi connectivity index (χ0) is 20.6. The molecule has 2 aromatic heterocycles. The number of hydrogen-bond acceptors (Lipinski definition) is 5. The lowest BCUT2D eigenvalue weighted by molar-refractivity contribution is 0.102. The Bertz CT molecular complexity index is 1170. The Morgan fingerprint density at radius 2 is 2.04 bits per heavy atom. The largest absolute Gasteiger partial charge is 0.353 e. The number of primary sulfonamides is 1. The van der Waals surface area contributed by atoms with E-state index in [1.807, 2.05) is 6.07 Å². The highest BCUT2D eigenvalue weighted by molar-refractivity contribution is 7.89. The number of carbonyl (C=O) groups is 1. The first kappa shape index (κ1) is 20.2. The molecular weight excluding hydrogens is 403 g/mol. The Balaban J connectivity index is 1.77. The molecule has 0 unspecified atom stereocenters. The van der Waals surface area contributed by atoms with Crippen molar-refractivity contribution in [2.24, 2.45) is 5.14 Å². The van der Waals surface area contributed by atoms with Gasteiger partial charge in [-0.1, -0.05) is 12.1 Å². The number of aromatic nitrogens is 2. The Morgan fingerprint density at radius 1 is 1.32 bits per heavy atom. The van der Waals surface area contributed by atoms with Crippen molar-refractivity contribution in [1.82, 2.24) is 9.97 Å². The van der Waals surface area contributed by atoms with Crippen LogP contribution in [-0.2, 0) is 16.4 Å². The van der Waals surface area contributed by atoms with Gasteiger partial charge in [-0.25, -0.2) is 22.9 Å². The number of anilines is 1. The highest BCUT2D eigenvalue weighted by Gasteiger charge is 2.24. The van der Waals surface area contributed by atoms with Crippen molar-refractivity contribution in [3.05, 3.63) is 63.2 Å². The molecule has 0 aliphatic carbocycles. The Labute approximate surface area is 165 Å². The number of amides is 1. The topological polar surface area (TPSA) is 118 Å². The maximum absolute atomic E-state index is 13.7. The molecule has 1 amide bonds. The van der Waals surface area contributed by atoms with Gasteiger partial charge in [-0.2, -0.15) is 0 Å². The Hall–Kier alpha value is -2.56. The summed E-state index contributed by atoms with van der Waals surface area (Å²) in [5.41, 5.74) is 2.05. The minimum absolute atomic E-state index is 0.0844. The van der Waals surface area contributed by atoms with E-state index in [4.69, 9.17) is 5.14 Å². The molecule has 4 N–H and O–H groups in total. The summed E-state index contributed by atoms with van der Waals surface area (Å²) in [4.78, 5) is 20.2. The van der Waals surface area contributed by atoms with Gasteiger partial charge in [-0.3, -0.25) is 10.1 Å². The van der Waals surface area contributed by atoms with Crippen molar-refractivity contribution < 1.29 is 17.6 Å². The standard InChI is InChI=1S/C18H19FN4O3S2/c1-9-4-5-12(7-14(9)19)6-13-8-21-18(27-13)23-17(24)15-10(2)16(11(3)22-15)28(20,25)26/h4-5,7-8,22H,6H2,1-3H3,(H2,20,25,26)(H,21,23,24). The number of nitrogens with one attached hydrogen (secondary N) is 2. The van der Waals surface area contributed by atoms with Crippen LogP contribution in [0.2, 0.25) is 0 Å². The number of aromatic amines is 1. The van der Waals surface area contributed by atoms with Crippen molar-refractivity contribution in [2.75, 3.05) is 5.32 Å². The summed E-state index contributed by atoms with van der Waals surface area (Å²) >= 11 is 1.26. The number of sulfonamides is 1. The molecule has 7 nitrogen and oxygen atoms in total. The molecule has 0 fully saturated rings. The number of aryl methyl sites for hydroxylation is 2. The van der Waals surface area contributed by atoms with Gasteiger partial charge in [0, 0.05) is 23.2 Å². The van der Waals surface area contributed by atoms with Crippen LogP contribution in [0.25, 0.3) is 0 Å². The minimum Gasteiger partial charge on any atom is -0.353 e. The van der Waals surface area contributed by atoms with Crippen LogP contribution in [0.3, 0.4) is 0 Å². The molecule has 28 heavy (non-hydrogen) atoms. The van der Waals surface area contributed by atoms with Crippen LogP contribution < -0.4 is 10.5 Å². The average molecular weight is 423 g/mol. The van der Waals surface area contributed by atoms with Gasteiger partial charge in [0.05, 0.1) is 0 Å². The molecule has 3 aromatic rings. The number of hydrogen-bond donors (Lipinski definition) is 3. The summed E-state index contributed by atoms with van der Waals surface area (Å²) in [6.45, 7) is 4.74. The highest BCUT2D eigenvalue weighted by atomic mass is 32.2.